The third-order valence-corrected chi connectivity index (χ3v) is 2.51. The van der Waals surface area contributed by atoms with E-state index in [1.807, 2.05) is 0 Å². The maximum atomic E-state index is 11.9. The van der Waals surface area contributed by atoms with E-state index in [1.54, 1.807) is 20.8 Å². The molecule has 0 radical (unpaired) electrons. The third kappa shape index (κ3) is 3.11. The predicted molar refractivity (Wildman–Crippen MR) is 60.8 cm³/mol. The van der Waals surface area contributed by atoms with E-state index in [1.165, 1.54) is 0 Å². The number of methoxy groups -OCH3 is 1. The minimum Gasteiger partial charge on any atom is -0.467 e. The molecule has 18 heavy (non-hydrogen) atoms. The number of amides is 1. The van der Waals surface area contributed by atoms with Gasteiger partial charge in [-0.3, -0.25) is 4.90 Å². The Bertz CT molecular complexity index is 337. The van der Waals surface area contributed by atoms with Gasteiger partial charge >= 0.3 is 12.1 Å². The van der Waals surface area contributed by atoms with E-state index in [4.69, 9.17) is 4.74 Å². The van der Waals surface area contributed by atoms with Gasteiger partial charge < -0.3 is 19.7 Å². The van der Waals surface area contributed by atoms with Crippen molar-refractivity contribution in [3.8, 4) is 0 Å². The van der Waals surface area contributed by atoms with Crippen LogP contribution < -0.4 is 0 Å². The first-order valence-electron chi connectivity index (χ1n) is 5.61. The van der Waals surface area contributed by atoms with Crippen molar-refractivity contribution in [3.05, 3.63) is 0 Å². The first-order valence-corrected chi connectivity index (χ1v) is 5.61. The zero-order chi connectivity index (χ0) is 14.1. The fraction of sp³-hybridized carbons (Fsp3) is 0.818. The summed E-state index contributed by atoms with van der Waals surface area (Å²) in [5, 5.41) is 19.2. The van der Waals surface area contributed by atoms with E-state index < -0.39 is 35.9 Å². The highest BCUT2D eigenvalue weighted by Gasteiger charge is 2.48. The van der Waals surface area contributed by atoms with Gasteiger partial charge in [0, 0.05) is 0 Å². The zero-order valence-corrected chi connectivity index (χ0v) is 10.9. The average molecular weight is 261 g/mol. The van der Waals surface area contributed by atoms with Crippen LogP contribution in [0.1, 0.15) is 20.8 Å². The molecule has 0 aliphatic carbocycles. The molecular formula is C11H19NO6. The molecular weight excluding hydrogens is 242 g/mol. The van der Waals surface area contributed by atoms with Crippen molar-refractivity contribution in [2.45, 2.75) is 44.6 Å². The van der Waals surface area contributed by atoms with E-state index in [0.717, 1.165) is 12.0 Å². The molecule has 1 aliphatic heterocycles. The highest BCUT2D eigenvalue weighted by Crippen LogP contribution is 2.22. The standard InChI is InChI=1S/C11H19NO6/c1-11(2,3)18-10(16)12-5-6(13)8(14)7(12)9(15)17-4/h6-8,13-14H,5H2,1-4H3/t6-,7-,8+/m0/s1. The molecule has 3 atom stereocenters. The maximum absolute atomic E-state index is 11.9. The molecule has 1 rings (SSSR count). The lowest BCUT2D eigenvalue weighted by Gasteiger charge is -2.27. The van der Waals surface area contributed by atoms with Crippen molar-refractivity contribution in [2.75, 3.05) is 13.7 Å². The van der Waals surface area contributed by atoms with E-state index in [9.17, 15) is 19.8 Å². The van der Waals surface area contributed by atoms with Crippen LogP contribution in [0.5, 0.6) is 0 Å². The van der Waals surface area contributed by atoms with Crippen LogP contribution in [-0.4, -0.2) is 64.7 Å². The Kier molecular flexibility index (Phi) is 4.18. The summed E-state index contributed by atoms with van der Waals surface area (Å²) in [7, 11) is 1.15. The van der Waals surface area contributed by atoms with Crippen LogP contribution in [-0.2, 0) is 14.3 Å². The van der Waals surface area contributed by atoms with Crippen molar-refractivity contribution in [1.29, 1.82) is 0 Å². The molecule has 104 valence electrons. The summed E-state index contributed by atoms with van der Waals surface area (Å²) in [6, 6.07) is -1.24. The number of rotatable bonds is 1. The highest BCUT2D eigenvalue weighted by atomic mass is 16.6. The Morgan fingerprint density at radius 3 is 2.28 bits per heavy atom. The summed E-state index contributed by atoms with van der Waals surface area (Å²) < 4.78 is 9.60. The molecule has 2 N–H and O–H groups in total. The van der Waals surface area contributed by atoms with Gasteiger partial charge in [0.1, 0.15) is 17.8 Å². The van der Waals surface area contributed by atoms with Crippen molar-refractivity contribution < 1.29 is 29.3 Å². The third-order valence-electron chi connectivity index (χ3n) is 2.51. The Hall–Kier alpha value is -1.34. The number of nitrogens with zero attached hydrogens (tertiary/aromatic N) is 1. The smallest absolute Gasteiger partial charge is 0.411 e. The Morgan fingerprint density at radius 2 is 1.83 bits per heavy atom. The average Bonchev–Trinajstić information content (AvgIpc) is 2.52. The number of aliphatic hydroxyl groups excluding tert-OH is 2. The number of carbonyl (C=O) groups excluding carboxylic acids is 2. The molecule has 7 nitrogen and oxygen atoms in total. The van der Waals surface area contributed by atoms with E-state index in [2.05, 4.69) is 4.74 Å². The number of β-amino-alcohol motifs (C(OH)–C–C–N with tert-alkyl or cyclic N) is 1. The number of carbonyl (C=O) groups is 2. The summed E-state index contributed by atoms with van der Waals surface area (Å²) >= 11 is 0. The predicted octanol–water partition coefficient (Wildman–Crippen LogP) is -0.500. The summed E-state index contributed by atoms with van der Waals surface area (Å²) in [4.78, 5) is 24.3. The Labute approximate surface area is 105 Å². The molecule has 0 spiro atoms. The summed E-state index contributed by atoms with van der Waals surface area (Å²) in [6.45, 7) is 4.87. The second-order valence-electron chi connectivity index (χ2n) is 5.16. The van der Waals surface area contributed by atoms with Gasteiger partial charge in [0.25, 0.3) is 0 Å². The van der Waals surface area contributed by atoms with Crippen LogP contribution in [0.2, 0.25) is 0 Å². The minimum atomic E-state index is -1.37. The van der Waals surface area contributed by atoms with Crippen LogP contribution in [0.15, 0.2) is 0 Å². The number of hydrogen-bond donors (Lipinski definition) is 2. The number of esters is 1. The Morgan fingerprint density at radius 1 is 1.28 bits per heavy atom. The van der Waals surface area contributed by atoms with Crippen molar-refractivity contribution in [1.82, 2.24) is 4.90 Å². The molecule has 0 unspecified atom stereocenters. The lowest BCUT2D eigenvalue weighted by molar-refractivity contribution is -0.149. The Balaban J connectivity index is 2.86. The van der Waals surface area contributed by atoms with Crippen LogP contribution in [0, 0.1) is 0 Å². The van der Waals surface area contributed by atoms with Gasteiger partial charge in [-0.1, -0.05) is 0 Å². The number of aliphatic hydroxyl groups is 2. The maximum Gasteiger partial charge on any atom is 0.411 e. The lowest BCUT2D eigenvalue weighted by atomic mass is 10.1. The van der Waals surface area contributed by atoms with Gasteiger partial charge in [-0.05, 0) is 20.8 Å². The zero-order valence-electron chi connectivity index (χ0n) is 10.9. The highest BCUT2D eigenvalue weighted by molar-refractivity contribution is 5.83. The lowest BCUT2D eigenvalue weighted by Crippen LogP contribution is -2.47. The van der Waals surface area contributed by atoms with E-state index >= 15 is 0 Å². The topological polar surface area (TPSA) is 96.3 Å². The van der Waals surface area contributed by atoms with Crippen LogP contribution in [0.3, 0.4) is 0 Å². The summed E-state index contributed by atoms with van der Waals surface area (Å²) in [5.41, 5.74) is -0.726. The fourth-order valence-corrected chi connectivity index (χ4v) is 1.71. The summed E-state index contributed by atoms with van der Waals surface area (Å²) in [6.07, 6.45) is -3.33. The largest absolute Gasteiger partial charge is 0.467 e. The van der Waals surface area contributed by atoms with Crippen LogP contribution >= 0.6 is 0 Å². The van der Waals surface area contributed by atoms with E-state index in [0.29, 0.717) is 0 Å². The molecule has 0 aromatic heterocycles. The summed E-state index contributed by atoms with van der Waals surface area (Å²) in [5.74, 6) is -0.787. The molecule has 0 bridgehead atoms. The molecule has 1 saturated heterocycles. The first-order chi connectivity index (χ1) is 8.17. The van der Waals surface area contributed by atoms with E-state index in [-0.39, 0.29) is 6.54 Å². The monoisotopic (exact) mass is 261 g/mol. The normalized spacial score (nSPS) is 28.1. The van der Waals surface area contributed by atoms with Crippen molar-refractivity contribution >= 4 is 12.1 Å². The van der Waals surface area contributed by atoms with Gasteiger partial charge in [0.05, 0.1) is 13.7 Å². The minimum absolute atomic E-state index is 0.171. The number of likely N-dealkylation sites (tertiary alicyclic amines) is 1. The molecule has 1 aliphatic rings. The first kappa shape index (κ1) is 14.7. The fourth-order valence-electron chi connectivity index (χ4n) is 1.71. The van der Waals surface area contributed by atoms with Gasteiger partial charge in [0.2, 0.25) is 0 Å². The molecule has 0 aromatic carbocycles. The van der Waals surface area contributed by atoms with Gasteiger partial charge in [0.15, 0.2) is 6.04 Å². The van der Waals surface area contributed by atoms with Gasteiger partial charge in [-0.2, -0.15) is 0 Å². The van der Waals surface area contributed by atoms with Gasteiger partial charge in [-0.15, -0.1) is 0 Å². The quantitative estimate of drug-likeness (QED) is 0.618. The molecule has 1 amide bonds. The van der Waals surface area contributed by atoms with Crippen molar-refractivity contribution in [2.24, 2.45) is 0 Å². The molecule has 7 heteroatoms. The molecule has 1 heterocycles. The van der Waals surface area contributed by atoms with Gasteiger partial charge in [-0.25, -0.2) is 9.59 Å². The number of ether oxygens (including phenoxy) is 2. The molecule has 0 aromatic rings. The van der Waals surface area contributed by atoms with Crippen LogP contribution in [0.4, 0.5) is 4.79 Å². The molecule has 1 fully saturated rings. The second-order valence-corrected chi connectivity index (χ2v) is 5.16. The molecule has 0 saturated carbocycles. The van der Waals surface area contributed by atoms with Crippen LogP contribution in [0.25, 0.3) is 0 Å². The number of hydrogen-bond acceptors (Lipinski definition) is 6. The second kappa shape index (κ2) is 5.11. The SMILES string of the molecule is COC(=O)[C@@H]1[C@H](O)[C@@H](O)CN1C(=O)OC(C)(C)C. The van der Waals surface area contributed by atoms with Crippen molar-refractivity contribution in [3.63, 3.8) is 0 Å².